The highest BCUT2D eigenvalue weighted by atomic mass is 16.6. The molecule has 0 aliphatic carbocycles. The molecule has 8 atom stereocenters. The highest BCUT2D eigenvalue weighted by Gasteiger charge is 2.45. The number of alkyl carbamates (subject to hydrolysis) is 2. The number of nitrogens with zero attached hydrogens (tertiary/aromatic N) is 2. The van der Waals surface area contributed by atoms with Gasteiger partial charge in [0.25, 0.3) is 11.1 Å². The van der Waals surface area contributed by atoms with E-state index in [1.165, 1.54) is 0 Å². The average molecular weight is 733 g/mol. The summed E-state index contributed by atoms with van der Waals surface area (Å²) in [5, 5.41) is 45.7. The molecule has 23 nitrogen and oxygen atoms in total. The summed E-state index contributed by atoms with van der Waals surface area (Å²) in [7, 11) is 0. The van der Waals surface area contributed by atoms with Gasteiger partial charge in [-0.2, -0.15) is 0 Å². The summed E-state index contributed by atoms with van der Waals surface area (Å²) >= 11 is 0. The third kappa shape index (κ3) is 11.3. The summed E-state index contributed by atoms with van der Waals surface area (Å²) in [5.74, 6) is 0. The van der Waals surface area contributed by atoms with Gasteiger partial charge in [0.05, 0.1) is 39.6 Å². The molecule has 0 radical (unpaired) electrons. The van der Waals surface area contributed by atoms with Gasteiger partial charge >= 0.3 is 23.6 Å². The zero-order valence-electron chi connectivity index (χ0n) is 27.0. The Labute approximate surface area is 286 Å². The van der Waals surface area contributed by atoms with Crippen LogP contribution in [0.4, 0.5) is 9.59 Å². The van der Waals surface area contributed by atoms with Crippen molar-refractivity contribution in [1.82, 2.24) is 29.7 Å². The lowest BCUT2D eigenvalue weighted by molar-refractivity contribution is -0.0392. The van der Waals surface area contributed by atoms with Crippen LogP contribution in [-0.2, 0) is 33.2 Å². The van der Waals surface area contributed by atoms with Gasteiger partial charge in [-0.25, -0.2) is 19.2 Å². The highest BCUT2D eigenvalue weighted by molar-refractivity contribution is 5.67. The molecule has 51 heavy (non-hydrogen) atoms. The fourth-order valence-corrected chi connectivity index (χ4v) is 4.91. The quantitative estimate of drug-likeness (QED) is 0.0664. The highest BCUT2D eigenvalue weighted by Crippen LogP contribution is 2.28. The number of H-pyrrole nitrogens is 2. The standard InChI is InChI=1S/C28H40N6O17/c35-17-1-3-33(25(41)31-17)23-21(39)19(37)15(50-23)13-29-27(43)48-11-9-46-7-5-45-6-8-47-10-12-49-28(44)30-14-16-20(38)22(40)24(51-16)34-4-2-18(36)32-26(34)42/h1-4,15-16,19-24,37-40H,5-14H2,(H,29,43)(H,30,44)(H,31,35,41)(H,32,36,42)/t15-,16-,19-,20-,21-,22-,23-,24-/m1/s1. The maximum atomic E-state index is 11.9. The van der Waals surface area contributed by atoms with E-state index in [0.717, 1.165) is 33.7 Å². The Kier molecular flexibility index (Phi) is 14.8. The van der Waals surface area contributed by atoms with Crippen molar-refractivity contribution in [3.63, 3.8) is 0 Å². The van der Waals surface area contributed by atoms with Crippen molar-refractivity contribution in [1.29, 1.82) is 0 Å². The summed E-state index contributed by atoms with van der Waals surface area (Å²) in [4.78, 5) is 74.3. The fraction of sp³-hybridized carbons (Fsp3) is 0.643. The number of ether oxygens (including phenoxy) is 7. The first-order chi connectivity index (χ1) is 24.5. The summed E-state index contributed by atoms with van der Waals surface area (Å²) in [5.41, 5.74) is -2.94. The van der Waals surface area contributed by atoms with Crippen molar-refractivity contribution in [2.24, 2.45) is 0 Å². The molecule has 8 N–H and O–H groups in total. The van der Waals surface area contributed by atoms with E-state index < -0.39 is 83.8 Å². The minimum absolute atomic E-state index is 0.0628. The Balaban J connectivity index is 0.949. The lowest BCUT2D eigenvalue weighted by Gasteiger charge is -2.16. The van der Waals surface area contributed by atoms with Crippen LogP contribution in [0.3, 0.4) is 0 Å². The molecule has 0 unspecified atom stereocenters. The van der Waals surface area contributed by atoms with E-state index in [2.05, 4.69) is 10.6 Å². The van der Waals surface area contributed by atoms with Crippen LogP contribution in [0, 0.1) is 0 Å². The topological polar surface area (TPSA) is 313 Å². The normalized spacial score (nSPS) is 25.8. The van der Waals surface area contributed by atoms with E-state index in [0.29, 0.717) is 0 Å². The molecule has 2 aromatic rings. The van der Waals surface area contributed by atoms with Crippen LogP contribution in [0.2, 0.25) is 0 Å². The molecule has 2 aliphatic rings. The Hall–Kier alpha value is -4.46. The Bertz CT molecular complexity index is 1540. The maximum Gasteiger partial charge on any atom is 0.407 e. The summed E-state index contributed by atoms with van der Waals surface area (Å²) in [6, 6.07) is 2.11. The Morgan fingerprint density at radius 1 is 0.608 bits per heavy atom. The summed E-state index contributed by atoms with van der Waals surface area (Å²) < 4.78 is 38.7. The molecule has 284 valence electrons. The van der Waals surface area contributed by atoms with Crippen LogP contribution >= 0.6 is 0 Å². The number of carbonyl (C=O) groups is 2. The van der Waals surface area contributed by atoms with E-state index in [1.807, 2.05) is 9.97 Å². The molecule has 2 aliphatic heterocycles. The second-order valence-electron chi connectivity index (χ2n) is 11.0. The Morgan fingerprint density at radius 3 is 1.31 bits per heavy atom. The molecule has 2 amide bonds. The summed E-state index contributed by atoms with van der Waals surface area (Å²) in [6.45, 7) is 0.289. The van der Waals surface area contributed by atoms with Gasteiger partial charge in [0, 0.05) is 37.6 Å². The van der Waals surface area contributed by atoms with E-state index in [-0.39, 0.29) is 65.9 Å². The number of amides is 2. The molecule has 0 spiro atoms. The first-order valence-corrected chi connectivity index (χ1v) is 15.7. The van der Waals surface area contributed by atoms with Crippen molar-refractivity contribution in [2.75, 3.05) is 65.9 Å². The number of aromatic amines is 2. The lowest BCUT2D eigenvalue weighted by Crippen LogP contribution is -2.40. The minimum atomic E-state index is -1.49. The molecule has 4 rings (SSSR count). The van der Waals surface area contributed by atoms with Crippen molar-refractivity contribution in [3.05, 3.63) is 66.2 Å². The largest absolute Gasteiger partial charge is 0.447 e. The number of aliphatic hydroxyl groups is 4. The first kappa shape index (κ1) is 39.3. The van der Waals surface area contributed by atoms with Crippen LogP contribution in [0.25, 0.3) is 0 Å². The van der Waals surface area contributed by atoms with Gasteiger partial charge in [-0.05, 0) is 0 Å². The van der Waals surface area contributed by atoms with Gasteiger partial charge in [-0.1, -0.05) is 0 Å². The molecular formula is C28H40N6O17. The van der Waals surface area contributed by atoms with Crippen LogP contribution in [-0.4, -0.2) is 154 Å². The first-order valence-electron chi connectivity index (χ1n) is 15.7. The minimum Gasteiger partial charge on any atom is -0.447 e. The molecule has 2 aromatic heterocycles. The number of hydrogen-bond donors (Lipinski definition) is 8. The molecule has 0 bridgehead atoms. The third-order valence-corrected chi connectivity index (χ3v) is 7.49. The van der Waals surface area contributed by atoms with Crippen LogP contribution in [0.5, 0.6) is 0 Å². The van der Waals surface area contributed by atoms with Crippen molar-refractivity contribution in [3.8, 4) is 0 Å². The zero-order chi connectivity index (χ0) is 36.9. The number of aromatic nitrogens is 4. The van der Waals surface area contributed by atoms with Gasteiger partial charge < -0.3 is 64.2 Å². The lowest BCUT2D eigenvalue weighted by atomic mass is 10.1. The maximum absolute atomic E-state index is 11.9. The number of carbonyl (C=O) groups excluding carboxylic acids is 2. The SMILES string of the molecule is O=C(NC[C@H]1O[C@@H](n2ccc(=O)[nH]c2=O)[C@H](O)[C@@H]1O)OCCOCCOCCOCCOC(=O)NC[C@H]1O[C@@H](n2ccc(=O)[nH]c2=O)[C@H](O)[C@@H]1O. The molecule has 2 fully saturated rings. The van der Waals surface area contributed by atoms with Gasteiger partial charge in [0.15, 0.2) is 12.5 Å². The summed E-state index contributed by atoms with van der Waals surface area (Å²) in [6.07, 6.45) is -9.93. The number of rotatable bonds is 18. The fourth-order valence-electron chi connectivity index (χ4n) is 4.91. The van der Waals surface area contributed by atoms with Crippen LogP contribution in [0.15, 0.2) is 43.7 Å². The molecule has 0 aromatic carbocycles. The van der Waals surface area contributed by atoms with Crippen molar-refractivity contribution in [2.45, 2.75) is 49.1 Å². The second-order valence-corrected chi connectivity index (χ2v) is 11.0. The van der Waals surface area contributed by atoms with E-state index in [1.54, 1.807) is 0 Å². The van der Waals surface area contributed by atoms with Gasteiger partial charge in [0.2, 0.25) is 0 Å². The van der Waals surface area contributed by atoms with Crippen molar-refractivity contribution >= 4 is 12.2 Å². The predicted octanol–water partition coefficient (Wildman–Crippen LogP) is -5.17. The van der Waals surface area contributed by atoms with Gasteiger partial charge in [-0.3, -0.25) is 28.7 Å². The molecular weight excluding hydrogens is 692 g/mol. The number of nitrogens with one attached hydrogen (secondary N) is 4. The van der Waals surface area contributed by atoms with Crippen LogP contribution < -0.4 is 33.1 Å². The molecule has 0 saturated carbocycles. The monoisotopic (exact) mass is 732 g/mol. The molecule has 23 heteroatoms. The van der Waals surface area contributed by atoms with E-state index in [9.17, 15) is 49.2 Å². The third-order valence-electron chi connectivity index (χ3n) is 7.49. The Morgan fingerprint density at radius 2 is 0.961 bits per heavy atom. The molecule has 2 saturated heterocycles. The second kappa shape index (κ2) is 19.2. The predicted molar refractivity (Wildman–Crippen MR) is 166 cm³/mol. The average Bonchev–Trinajstić information content (AvgIpc) is 3.53. The van der Waals surface area contributed by atoms with E-state index >= 15 is 0 Å². The van der Waals surface area contributed by atoms with Gasteiger partial charge in [-0.15, -0.1) is 0 Å². The number of aliphatic hydroxyl groups excluding tert-OH is 4. The molecule has 4 heterocycles. The van der Waals surface area contributed by atoms with E-state index in [4.69, 9.17) is 33.2 Å². The van der Waals surface area contributed by atoms with Crippen LogP contribution in [0.1, 0.15) is 12.5 Å². The number of hydrogen-bond acceptors (Lipinski definition) is 17. The van der Waals surface area contributed by atoms with Gasteiger partial charge in [0.1, 0.15) is 49.8 Å². The van der Waals surface area contributed by atoms with Crippen molar-refractivity contribution < 1.29 is 63.2 Å². The zero-order valence-corrected chi connectivity index (χ0v) is 27.0. The smallest absolute Gasteiger partial charge is 0.407 e.